The minimum atomic E-state index is 0.0779. The second-order valence-electron chi connectivity index (χ2n) is 8.58. The molecule has 5 rings (SSSR count). The number of rotatable bonds is 7. The third-order valence-electron chi connectivity index (χ3n) is 6.35. The van der Waals surface area contributed by atoms with Gasteiger partial charge in [-0.15, -0.1) is 0 Å². The Hall–Kier alpha value is -3.38. The van der Waals surface area contributed by atoms with Gasteiger partial charge in [0.25, 0.3) is 0 Å². The van der Waals surface area contributed by atoms with Crippen LogP contribution in [0.15, 0.2) is 73.1 Å². The third kappa shape index (κ3) is 4.75. The fourth-order valence-electron chi connectivity index (χ4n) is 4.55. The van der Waals surface area contributed by atoms with Crippen LogP contribution in [0, 0.1) is 5.92 Å². The van der Waals surface area contributed by atoms with E-state index in [9.17, 15) is 4.79 Å². The molecule has 0 spiro atoms. The van der Waals surface area contributed by atoms with Gasteiger partial charge < -0.3 is 15.2 Å². The standard InChI is InChI=1S/C26H29N5O/c32-26(20-10-16-30(17-11-20)13-5-15-31-14-4-12-27-31)28-23-8-3-7-21(18-23)25-19-22-6-1-2-9-24(22)29-25/h1-4,6-9,12,14,18-20,29H,5,10-11,13,15-17H2,(H,28,32). The lowest BCUT2D eigenvalue weighted by Crippen LogP contribution is -2.38. The summed E-state index contributed by atoms with van der Waals surface area (Å²) in [5, 5.41) is 8.59. The lowest BCUT2D eigenvalue weighted by molar-refractivity contribution is -0.121. The number of piperidine rings is 1. The molecule has 4 aromatic rings. The molecule has 1 amide bonds. The zero-order valence-electron chi connectivity index (χ0n) is 18.2. The van der Waals surface area contributed by atoms with Crippen molar-refractivity contribution < 1.29 is 4.79 Å². The smallest absolute Gasteiger partial charge is 0.227 e. The highest BCUT2D eigenvalue weighted by atomic mass is 16.1. The van der Waals surface area contributed by atoms with Crippen LogP contribution >= 0.6 is 0 Å². The molecule has 0 atom stereocenters. The van der Waals surface area contributed by atoms with E-state index in [0.29, 0.717) is 0 Å². The van der Waals surface area contributed by atoms with E-state index < -0.39 is 0 Å². The number of benzene rings is 2. The average molecular weight is 428 g/mol. The molecule has 0 saturated carbocycles. The van der Waals surface area contributed by atoms with Gasteiger partial charge in [-0.05, 0) is 69.2 Å². The zero-order chi connectivity index (χ0) is 21.8. The van der Waals surface area contributed by atoms with Crippen LogP contribution in [-0.4, -0.2) is 45.2 Å². The number of para-hydroxylation sites is 1. The van der Waals surface area contributed by atoms with Gasteiger partial charge in [-0.2, -0.15) is 5.10 Å². The van der Waals surface area contributed by atoms with Gasteiger partial charge in [-0.1, -0.05) is 30.3 Å². The molecular weight excluding hydrogens is 398 g/mol. The minimum absolute atomic E-state index is 0.0779. The normalized spacial score (nSPS) is 15.2. The predicted molar refractivity (Wildman–Crippen MR) is 128 cm³/mol. The largest absolute Gasteiger partial charge is 0.355 e. The quantitative estimate of drug-likeness (QED) is 0.446. The highest BCUT2D eigenvalue weighted by Gasteiger charge is 2.24. The summed E-state index contributed by atoms with van der Waals surface area (Å²) in [4.78, 5) is 18.8. The monoisotopic (exact) mass is 427 g/mol. The van der Waals surface area contributed by atoms with E-state index in [4.69, 9.17) is 0 Å². The number of carbonyl (C=O) groups excluding carboxylic acids is 1. The third-order valence-corrected chi connectivity index (χ3v) is 6.35. The van der Waals surface area contributed by atoms with Gasteiger partial charge >= 0.3 is 0 Å². The molecule has 1 saturated heterocycles. The zero-order valence-corrected chi connectivity index (χ0v) is 18.2. The van der Waals surface area contributed by atoms with E-state index in [1.54, 1.807) is 0 Å². The van der Waals surface area contributed by atoms with E-state index in [0.717, 1.165) is 67.9 Å². The second-order valence-corrected chi connectivity index (χ2v) is 8.58. The van der Waals surface area contributed by atoms with Gasteiger partial charge in [0.05, 0.1) is 0 Å². The molecule has 1 aliphatic rings. The Balaban J connectivity index is 1.14. The maximum absolute atomic E-state index is 12.9. The summed E-state index contributed by atoms with van der Waals surface area (Å²) in [6, 6.07) is 20.4. The van der Waals surface area contributed by atoms with Crippen LogP contribution in [-0.2, 0) is 11.3 Å². The molecule has 2 N–H and O–H groups in total. The van der Waals surface area contributed by atoms with Crippen LogP contribution in [0.4, 0.5) is 5.69 Å². The van der Waals surface area contributed by atoms with Crippen LogP contribution in [0.1, 0.15) is 19.3 Å². The molecule has 164 valence electrons. The molecule has 1 fully saturated rings. The molecule has 0 unspecified atom stereocenters. The molecule has 6 heteroatoms. The lowest BCUT2D eigenvalue weighted by Gasteiger charge is -2.31. The maximum Gasteiger partial charge on any atom is 0.227 e. The van der Waals surface area contributed by atoms with Crippen molar-refractivity contribution >= 4 is 22.5 Å². The first-order valence-corrected chi connectivity index (χ1v) is 11.4. The van der Waals surface area contributed by atoms with Crippen LogP contribution in [0.2, 0.25) is 0 Å². The topological polar surface area (TPSA) is 66.0 Å². The van der Waals surface area contributed by atoms with Crippen LogP contribution in [0.3, 0.4) is 0 Å². The lowest BCUT2D eigenvalue weighted by atomic mass is 9.95. The molecule has 0 aliphatic carbocycles. The second kappa shape index (κ2) is 9.40. The predicted octanol–water partition coefficient (Wildman–Crippen LogP) is 4.77. The van der Waals surface area contributed by atoms with E-state index in [1.165, 1.54) is 5.39 Å². The van der Waals surface area contributed by atoms with Gasteiger partial charge in [-0.25, -0.2) is 0 Å². The number of likely N-dealkylation sites (tertiary alicyclic amines) is 1. The van der Waals surface area contributed by atoms with Crippen LogP contribution in [0.5, 0.6) is 0 Å². The number of anilines is 1. The van der Waals surface area contributed by atoms with Gasteiger partial charge in [0.2, 0.25) is 5.91 Å². The Kier molecular flexibility index (Phi) is 6.03. The van der Waals surface area contributed by atoms with Crippen molar-refractivity contribution in [3.8, 4) is 11.3 Å². The summed E-state index contributed by atoms with van der Waals surface area (Å²) in [6.07, 6.45) is 6.73. The van der Waals surface area contributed by atoms with Crippen LogP contribution < -0.4 is 5.32 Å². The summed E-state index contributed by atoms with van der Waals surface area (Å²) in [5.41, 5.74) is 4.11. The fourth-order valence-corrected chi connectivity index (χ4v) is 4.55. The van der Waals surface area contributed by atoms with Crippen molar-refractivity contribution in [1.29, 1.82) is 0 Å². The molecular formula is C26H29N5O. The summed E-state index contributed by atoms with van der Waals surface area (Å²) >= 11 is 0. The van der Waals surface area contributed by atoms with Crippen molar-refractivity contribution in [3.05, 3.63) is 73.1 Å². The SMILES string of the molecule is O=C(Nc1cccc(-c2cc3ccccc3[nH]2)c1)C1CCN(CCCn2cccn2)CC1. The van der Waals surface area contributed by atoms with Gasteiger partial charge in [0, 0.05) is 52.7 Å². The number of carbonyl (C=O) groups is 1. The number of H-pyrrole nitrogens is 1. The average Bonchev–Trinajstić information content (AvgIpc) is 3.50. The summed E-state index contributed by atoms with van der Waals surface area (Å²) in [6.45, 7) is 3.96. The Morgan fingerprint density at radius 3 is 2.72 bits per heavy atom. The van der Waals surface area contributed by atoms with Gasteiger partial charge in [0.15, 0.2) is 0 Å². The molecule has 6 nitrogen and oxygen atoms in total. The van der Waals surface area contributed by atoms with E-state index in [-0.39, 0.29) is 11.8 Å². The van der Waals surface area contributed by atoms with E-state index in [2.05, 4.69) is 44.6 Å². The highest BCUT2D eigenvalue weighted by Crippen LogP contribution is 2.27. The Morgan fingerprint density at radius 2 is 1.91 bits per heavy atom. The molecule has 32 heavy (non-hydrogen) atoms. The highest BCUT2D eigenvalue weighted by molar-refractivity contribution is 5.93. The first-order valence-electron chi connectivity index (χ1n) is 11.4. The van der Waals surface area contributed by atoms with Gasteiger partial charge in [0.1, 0.15) is 0 Å². The Labute approximate surface area is 188 Å². The molecule has 2 aromatic heterocycles. The number of nitrogens with one attached hydrogen (secondary N) is 2. The fraction of sp³-hybridized carbons (Fsp3) is 0.308. The number of aromatic amines is 1. The Morgan fingerprint density at radius 1 is 1.03 bits per heavy atom. The van der Waals surface area contributed by atoms with Crippen molar-refractivity contribution in [3.63, 3.8) is 0 Å². The van der Waals surface area contributed by atoms with Crippen molar-refractivity contribution in [2.24, 2.45) is 5.92 Å². The van der Waals surface area contributed by atoms with E-state index >= 15 is 0 Å². The first kappa shape index (κ1) is 20.5. The number of nitrogens with zero attached hydrogens (tertiary/aromatic N) is 3. The minimum Gasteiger partial charge on any atom is -0.355 e. The first-order chi connectivity index (χ1) is 15.7. The Bertz CT molecular complexity index is 1140. The number of hydrogen-bond donors (Lipinski definition) is 2. The molecule has 3 heterocycles. The maximum atomic E-state index is 12.9. The van der Waals surface area contributed by atoms with Crippen LogP contribution in [0.25, 0.3) is 22.2 Å². The number of fused-ring (bicyclic) bond motifs is 1. The molecule has 0 bridgehead atoms. The molecule has 1 aliphatic heterocycles. The van der Waals surface area contributed by atoms with Gasteiger partial charge in [-0.3, -0.25) is 9.48 Å². The summed E-state index contributed by atoms with van der Waals surface area (Å²) in [7, 11) is 0. The summed E-state index contributed by atoms with van der Waals surface area (Å²) < 4.78 is 1.98. The van der Waals surface area contributed by atoms with Crippen molar-refractivity contribution in [2.45, 2.75) is 25.8 Å². The number of aryl methyl sites for hydroxylation is 1. The number of amides is 1. The molecule has 2 aromatic carbocycles. The van der Waals surface area contributed by atoms with Crippen molar-refractivity contribution in [1.82, 2.24) is 19.7 Å². The summed E-state index contributed by atoms with van der Waals surface area (Å²) in [5.74, 6) is 0.212. The van der Waals surface area contributed by atoms with E-state index in [1.807, 2.05) is 53.5 Å². The number of aromatic nitrogens is 3. The van der Waals surface area contributed by atoms with Crippen molar-refractivity contribution in [2.75, 3.05) is 25.0 Å². The molecule has 0 radical (unpaired) electrons. The number of hydrogen-bond acceptors (Lipinski definition) is 3.